The van der Waals surface area contributed by atoms with Gasteiger partial charge in [-0.2, -0.15) is 0 Å². The van der Waals surface area contributed by atoms with Crippen LogP contribution in [-0.2, 0) is 9.53 Å². The van der Waals surface area contributed by atoms with Gasteiger partial charge in [0.05, 0.1) is 6.61 Å². The minimum Gasteiger partial charge on any atom is -0.462 e. The molecule has 0 aliphatic heterocycles. The predicted octanol–water partition coefficient (Wildman–Crippen LogP) is 3.18. The first-order valence-electron chi connectivity index (χ1n) is 6.85. The van der Waals surface area contributed by atoms with Gasteiger partial charge in [0.25, 0.3) is 0 Å². The molecular weight excluding hydrogens is 228 g/mol. The average molecular weight is 256 g/mol. The minimum atomic E-state index is -0.323. The molecule has 0 amide bonds. The van der Waals surface area contributed by atoms with E-state index in [-0.39, 0.29) is 12.6 Å². The van der Waals surface area contributed by atoms with E-state index in [0.29, 0.717) is 29.9 Å². The summed E-state index contributed by atoms with van der Waals surface area (Å²) in [4.78, 5) is 11.4. The molecule has 106 valence electrons. The number of esters is 1. The molecule has 0 rings (SSSR count). The van der Waals surface area contributed by atoms with E-state index in [1.165, 1.54) is 0 Å². The number of carbonyl (C=O) groups excluding carboxylic acids is 1. The van der Waals surface area contributed by atoms with Crippen molar-refractivity contribution in [3.05, 3.63) is 12.2 Å². The molecule has 0 aliphatic rings. The van der Waals surface area contributed by atoms with Gasteiger partial charge in [-0.1, -0.05) is 33.8 Å². The molecule has 0 aromatic rings. The van der Waals surface area contributed by atoms with E-state index in [4.69, 9.17) is 4.74 Å². The lowest BCUT2D eigenvalue weighted by Gasteiger charge is -2.25. The van der Waals surface area contributed by atoms with Gasteiger partial charge < -0.3 is 9.84 Å². The lowest BCUT2D eigenvalue weighted by atomic mass is 9.85. The molecular formula is C15H28O3. The Balaban J connectivity index is 4.30. The Bertz CT molecular complexity index is 258. The molecule has 0 fully saturated rings. The van der Waals surface area contributed by atoms with Crippen LogP contribution in [0.3, 0.4) is 0 Å². The summed E-state index contributed by atoms with van der Waals surface area (Å²) in [5.41, 5.74) is 0.435. The molecule has 3 heteroatoms. The quantitative estimate of drug-likeness (QED) is 0.509. The van der Waals surface area contributed by atoms with Crippen molar-refractivity contribution in [2.45, 2.75) is 47.0 Å². The first-order valence-corrected chi connectivity index (χ1v) is 6.85. The Morgan fingerprint density at radius 2 is 2.00 bits per heavy atom. The maximum atomic E-state index is 11.4. The maximum Gasteiger partial charge on any atom is 0.333 e. The van der Waals surface area contributed by atoms with E-state index in [9.17, 15) is 9.90 Å². The van der Waals surface area contributed by atoms with Crippen LogP contribution >= 0.6 is 0 Å². The molecule has 1 N–H and O–H groups in total. The number of aliphatic hydroxyl groups is 1. The Kier molecular flexibility index (Phi) is 8.73. The van der Waals surface area contributed by atoms with Crippen molar-refractivity contribution >= 4 is 5.97 Å². The monoisotopic (exact) mass is 256 g/mol. The Hall–Kier alpha value is -0.830. The number of aliphatic hydroxyl groups excluding tert-OH is 1. The zero-order valence-electron chi connectivity index (χ0n) is 12.2. The zero-order valence-corrected chi connectivity index (χ0v) is 12.2. The molecule has 0 aromatic heterocycles. The van der Waals surface area contributed by atoms with Crippen molar-refractivity contribution in [1.82, 2.24) is 0 Å². The molecule has 0 spiro atoms. The van der Waals surface area contributed by atoms with Crippen LogP contribution in [0.4, 0.5) is 0 Å². The number of ether oxygens (including phenoxy) is 1. The second-order valence-electron chi connectivity index (χ2n) is 5.46. The van der Waals surface area contributed by atoms with Gasteiger partial charge >= 0.3 is 5.97 Å². The van der Waals surface area contributed by atoms with Crippen molar-refractivity contribution in [2.75, 3.05) is 13.2 Å². The molecule has 0 bridgehead atoms. The highest BCUT2D eigenvalue weighted by molar-refractivity contribution is 5.86. The number of carbonyl (C=O) groups is 1. The standard InChI is InChI=1S/C15H28O3/c1-6-7-13(9-16)8-14(11(2)3)10-18-15(17)12(4)5/h11,13-14,16H,4,6-10H2,1-3,5H3. The van der Waals surface area contributed by atoms with Gasteiger partial charge in [-0.25, -0.2) is 4.79 Å². The van der Waals surface area contributed by atoms with Gasteiger partial charge in [-0.05, 0) is 37.5 Å². The fourth-order valence-electron chi connectivity index (χ4n) is 1.96. The van der Waals surface area contributed by atoms with Crippen molar-refractivity contribution in [3.63, 3.8) is 0 Å². The number of hydrogen-bond acceptors (Lipinski definition) is 3. The number of rotatable bonds is 9. The highest BCUT2D eigenvalue weighted by atomic mass is 16.5. The topological polar surface area (TPSA) is 46.5 Å². The molecule has 0 radical (unpaired) electrons. The summed E-state index contributed by atoms with van der Waals surface area (Å²) in [5, 5.41) is 9.33. The third-order valence-corrected chi connectivity index (χ3v) is 3.31. The van der Waals surface area contributed by atoms with Crippen LogP contribution in [0, 0.1) is 17.8 Å². The number of hydrogen-bond donors (Lipinski definition) is 1. The van der Waals surface area contributed by atoms with Gasteiger partial charge in [0.1, 0.15) is 0 Å². The lowest BCUT2D eigenvalue weighted by molar-refractivity contribution is -0.141. The third kappa shape index (κ3) is 6.80. The van der Waals surface area contributed by atoms with Crippen molar-refractivity contribution in [2.24, 2.45) is 17.8 Å². The summed E-state index contributed by atoms with van der Waals surface area (Å²) < 4.78 is 5.23. The van der Waals surface area contributed by atoms with E-state index < -0.39 is 0 Å². The van der Waals surface area contributed by atoms with Crippen LogP contribution < -0.4 is 0 Å². The van der Waals surface area contributed by atoms with Crippen molar-refractivity contribution in [3.8, 4) is 0 Å². The summed E-state index contributed by atoms with van der Waals surface area (Å²) in [7, 11) is 0. The molecule has 3 nitrogen and oxygen atoms in total. The minimum absolute atomic E-state index is 0.214. The van der Waals surface area contributed by atoms with Crippen LogP contribution in [0.1, 0.15) is 47.0 Å². The van der Waals surface area contributed by atoms with Gasteiger partial charge in [0.15, 0.2) is 0 Å². The molecule has 0 heterocycles. The summed E-state index contributed by atoms with van der Waals surface area (Å²) in [6, 6.07) is 0. The SMILES string of the molecule is C=C(C)C(=O)OCC(CC(CO)CCC)C(C)C. The van der Waals surface area contributed by atoms with Crippen LogP contribution in [0.15, 0.2) is 12.2 Å². The first-order chi connectivity index (χ1) is 8.42. The van der Waals surface area contributed by atoms with Gasteiger partial charge in [0, 0.05) is 12.2 Å². The Morgan fingerprint density at radius 3 is 2.39 bits per heavy atom. The van der Waals surface area contributed by atoms with Gasteiger partial charge in [-0.15, -0.1) is 0 Å². The van der Waals surface area contributed by atoms with Crippen LogP contribution in [0.5, 0.6) is 0 Å². The molecule has 0 aromatic carbocycles. The highest BCUT2D eigenvalue weighted by Crippen LogP contribution is 2.23. The van der Waals surface area contributed by atoms with Crippen molar-refractivity contribution < 1.29 is 14.6 Å². The van der Waals surface area contributed by atoms with E-state index in [1.54, 1.807) is 6.92 Å². The normalized spacial score (nSPS) is 14.3. The van der Waals surface area contributed by atoms with Gasteiger partial charge in [0.2, 0.25) is 0 Å². The second kappa shape index (κ2) is 9.15. The second-order valence-corrected chi connectivity index (χ2v) is 5.46. The summed E-state index contributed by atoms with van der Waals surface area (Å²) in [5.74, 6) is 0.730. The summed E-state index contributed by atoms with van der Waals surface area (Å²) in [6.07, 6.45) is 3.00. The molecule has 2 atom stereocenters. The fraction of sp³-hybridized carbons (Fsp3) is 0.800. The average Bonchev–Trinajstić information content (AvgIpc) is 2.31. The molecule has 18 heavy (non-hydrogen) atoms. The van der Waals surface area contributed by atoms with E-state index in [1.807, 2.05) is 0 Å². The smallest absolute Gasteiger partial charge is 0.333 e. The van der Waals surface area contributed by atoms with Crippen LogP contribution in [0.2, 0.25) is 0 Å². The molecule has 0 saturated heterocycles. The van der Waals surface area contributed by atoms with Crippen LogP contribution in [0.25, 0.3) is 0 Å². The Labute approximate surface area is 111 Å². The van der Waals surface area contributed by atoms with Gasteiger partial charge in [-0.3, -0.25) is 0 Å². The fourth-order valence-corrected chi connectivity index (χ4v) is 1.96. The zero-order chi connectivity index (χ0) is 14.1. The van der Waals surface area contributed by atoms with Crippen LogP contribution in [-0.4, -0.2) is 24.3 Å². The first kappa shape index (κ1) is 17.2. The molecule has 2 unspecified atom stereocenters. The highest BCUT2D eigenvalue weighted by Gasteiger charge is 2.20. The third-order valence-electron chi connectivity index (χ3n) is 3.31. The van der Waals surface area contributed by atoms with Crippen molar-refractivity contribution in [1.29, 1.82) is 0 Å². The van der Waals surface area contributed by atoms with E-state index in [2.05, 4.69) is 27.4 Å². The molecule has 0 aliphatic carbocycles. The molecule has 0 saturated carbocycles. The largest absolute Gasteiger partial charge is 0.462 e. The lowest BCUT2D eigenvalue weighted by Crippen LogP contribution is -2.23. The summed E-state index contributed by atoms with van der Waals surface area (Å²) >= 11 is 0. The Morgan fingerprint density at radius 1 is 1.39 bits per heavy atom. The van der Waals surface area contributed by atoms with E-state index >= 15 is 0 Å². The van der Waals surface area contributed by atoms with E-state index in [0.717, 1.165) is 19.3 Å². The summed E-state index contributed by atoms with van der Waals surface area (Å²) in [6.45, 7) is 12.2. The predicted molar refractivity (Wildman–Crippen MR) is 74.2 cm³/mol. The maximum absolute atomic E-state index is 11.4.